The minimum absolute atomic E-state index is 0. The molecule has 0 rings (SSSR count). The van der Waals surface area contributed by atoms with Gasteiger partial charge in [-0.1, -0.05) is 0 Å². The van der Waals surface area contributed by atoms with Crippen molar-refractivity contribution in [3.05, 3.63) is 0 Å². The van der Waals surface area contributed by atoms with Gasteiger partial charge in [-0.15, -0.1) is 12.4 Å². The van der Waals surface area contributed by atoms with Gasteiger partial charge in [0.15, 0.2) is 0 Å². The van der Waals surface area contributed by atoms with Crippen LogP contribution in [0.5, 0.6) is 0 Å². The van der Waals surface area contributed by atoms with Gasteiger partial charge in [-0.3, -0.25) is 4.79 Å². The van der Waals surface area contributed by atoms with E-state index in [1.165, 1.54) is 0 Å². The maximum absolute atomic E-state index is 11.6. The number of carbonyl (C=O) groups is 1. The Morgan fingerprint density at radius 2 is 2.13 bits per heavy atom. The molecule has 0 radical (unpaired) electrons. The van der Waals surface area contributed by atoms with E-state index in [-0.39, 0.29) is 24.4 Å². The van der Waals surface area contributed by atoms with E-state index < -0.39 is 0 Å². The lowest BCUT2D eigenvalue weighted by Gasteiger charge is -2.24. The van der Waals surface area contributed by atoms with E-state index in [2.05, 4.69) is 5.32 Å². The lowest BCUT2D eigenvalue weighted by atomic mass is 10.2. The van der Waals surface area contributed by atoms with Gasteiger partial charge in [0.2, 0.25) is 5.91 Å². The molecule has 4 nitrogen and oxygen atoms in total. The molecule has 0 spiro atoms. The van der Waals surface area contributed by atoms with E-state index in [1.807, 2.05) is 21.0 Å². The Balaban J connectivity index is 0. The van der Waals surface area contributed by atoms with E-state index in [1.54, 1.807) is 12.0 Å². The zero-order valence-electron chi connectivity index (χ0n) is 10.1. The van der Waals surface area contributed by atoms with Crippen LogP contribution < -0.4 is 5.32 Å². The molecule has 0 saturated carbocycles. The van der Waals surface area contributed by atoms with Crippen molar-refractivity contribution in [2.75, 3.05) is 34.4 Å². The summed E-state index contributed by atoms with van der Waals surface area (Å²) in [6.45, 7) is 3.46. The minimum Gasteiger partial charge on any atom is -0.383 e. The number of nitrogens with one attached hydrogen (secondary N) is 1. The number of halogens is 1. The molecule has 0 aromatic rings. The van der Waals surface area contributed by atoms with Crippen LogP contribution in [-0.2, 0) is 9.53 Å². The third-order valence-electron chi connectivity index (χ3n) is 2.28. The lowest BCUT2D eigenvalue weighted by molar-refractivity contribution is -0.132. The topological polar surface area (TPSA) is 41.6 Å². The molecule has 0 aliphatic carbocycles. The molecular weight excluding hydrogens is 216 g/mol. The predicted octanol–water partition coefficient (Wildman–Crippen LogP) is 0.901. The number of ether oxygens (including phenoxy) is 1. The fourth-order valence-corrected chi connectivity index (χ4v) is 1.19. The Hall–Kier alpha value is -0.320. The second-order valence-corrected chi connectivity index (χ2v) is 3.52. The molecule has 0 bridgehead atoms. The number of carbonyl (C=O) groups excluding carboxylic acids is 1. The molecule has 0 saturated heterocycles. The van der Waals surface area contributed by atoms with Gasteiger partial charge < -0.3 is 15.0 Å². The number of nitrogens with zero attached hydrogens (tertiary/aromatic N) is 1. The molecule has 0 heterocycles. The summed E-state index contributed by atoms with van der Waals surface area (Å²) in [6.07, 6.45) is 1.49. The van der Waals surface area contributed by atoms with Crippen molar-refractivity contribution in [3.8, 4) is 0 Å². The standard InChI is InChI=1S/C10H22N2O2.ClH/c1-9(8-14-4)12(3)10(13)6-5-7-11-2;/h9,11H,5-8H2,1-4H3;1H. The normalized spacial score (nSPS) is 11.7. The second-order valence-electron chi connectivity index (χ2n) is 3.52. The van der Waals surface area contributed by atoms with Crippen molar-refractivity contribution >= 4 is 18.3 Å². The lowest BCUT2D eigenvalue weighted by Crippen LogP contribution is -2.37. The molecule has 0 aliphatic rings. The molecule has 1 atom stereocenters. The van der Waals surface area contributed by atoms with Gasteiger partial charge in [0.05, 0.1) is 12.6 Å². The highest BCUT2D eigenvalue weighted by atomic mass is 35.5. The van der Waals surface area contributed by atoms with Gasteiger partial charge in [0, 0.05) is 20.6 Å². The highest BCUT2D eigenvalue weighted by Crippen LogP contribution is 2.01. The van der Waals surface area contributed by atoms with Crippen LogP contribution >= 0.6 is 12.4 Å². The smallest absolute Gasteiger partial charge is 0.222 e. The highest BCUT2D eigenvalue weighted by Gasteiger charge is 2.14. The van der Waals surface area contributed by atoms with Crippen LogP contribution in [0.4, 0.5) is 0 Å². The molecule has 0 aromatic heterocycles. The zero-order valence-corrected chi connectivity index (χ0v) is 10.9. The van der Waals surface area contributed by atoms with Crippen molar-refractivity contribution in [2.24, 2.45) is 0 Å². The molecule has 1 amide bonds. The fraction of sp³-hybridized carbons (Fsp3) is 0.900. The molecule has 1 N–H and O–H groups in total. The van der Waals surface area contributed by atoms with Crippen molar-refractivity contribution in [3.63, 3.8) is 0 Å². The Kier molecular flexibility index (Phi) is 11.6. The van der Waals surface area contributed by atoms with Crippen LogP contribution in [-0.4, -0.2) is 51.2 Å². The quantitative estimate of drug-likeness (QED) is 0.671. The summed E-state index contributed by atoms with van der Waals surface area (Å²) in [5, 5.41) is 3.02. The molecule has 5 heteroatoms. The first kappa shape index (κ1) is 17.1. The third-order valence-corrected chi connectivity index (χ3v) is 2.28. The average Bonchev–Trinajstić information content (AvgIpc) is 2.17. The van der Waals surface area contributed by atoms with Gasteiger partial charge in [0.1, 0.15) is 0 Å². The first-order valence-corrected chi connectivity index (χ1v) is 5.02. The number of rotatable bonds is 7. The average molecular weight is 239 g/mol. The van der Waals surface area contributed by atoms with Crippen LogP contribution in [0.25, 0.3) is 0 Å². The molecule has 0 fully saturated rings. The van der Waals surface area contributed by atoms with Crippen LogP contribution in [0.1, 0.15) is 19.8 Å². The first-order chi connectivity index (χ1) is 6.63. The largest absolute Gasteiger partial charge is 0.383 e. The second kappa shape index (κ2) is 10.2. The summed E-state index contributed by atoms with van der Waals surface area (Å²) in [5.41, 5.74) is 0. The van der Waals surface area contributed by atoms with Crippen molar-refractivity contribution in [1.82, 2.24) is 10.2 Å². The Bertz CT molecular complexity index is 168. The molecular formula is C10H23ClN2O2. The third kappa shape index (κ3) is 7.59. The van der Waals surface area contributed by atoms with Gasteiger partial charge in [-0.05, 0) is 26.9 Å². The Labute approximate surface area is 98.8 Å². The van der Waals surface area contributed by atoms with E-state index >= 15 is 0 Å². The van der Waals surface area contributed by atoms with E-state index in [9.17, 15) is 4.79 Å². The Morgan fingerprint density at radius 3 is 2.60 bits per heavy atom. The van der Waals surface area contributed by atoms with Crippen LogP contribution in [0.3, 0.4) is 0 Å². The summed E-state index contributed by atoms with van der Waals surface area (Å²) in [4.78, 5) is 13.3. The SMILES string of the molecule is CNCCCC(=O)N(C)C(C)COC.Cl. The van der Waals surface area contributed by atoms with Gasteiger partial charge in [0.25, 0.3) is 0 Å². The number of amides is 1. The van der Waals surface area contributed by atoms with E-state index in [4.69, 9.17) is 4.74 Å². The number of hydrogen-bond donors (Lipinski definition) is 1. The summed E-state index contributed by atoms with van der Waals surface area (Å²) in [7, 11) is 5.36. The summed E-state index contributed by atoms with van der Waals surface area (Å²) in [6, 6.07) is 0.155. The van der Waals surface area contributed by atoms with Crippen molar-refractivity contribution < 1.29 is 9.53 Å². The summed E-state index contributed by atoms with van der Waals surface area (Å²) in [5.74, 6) is 0.185. The molecule has 0 aliphatic heterocycles. The van der Waals surface area contributed by atoms with Gasteiger partial charge in [-0.25, -0.2) is 0 Å². The minimum atomic E-state index is 0. The predicted molar refractivity (Wildman–Crippen MR) is 64.5 cm³/mol. The van der Waals surface area contributed by atoms with E-state index in [0.29, 0.717) is 13.0 Å². The van der Waals surface area contributed by atoms with Crippen LogP contribution in [0.2, 0.25) is 0 Å². The summed E-state index contributed by atoms with van der Waals surface area (Å²) < 4.78 is 4.99. The number of likely N-dealkylation sites (N-methyl/N-ethyl adjacent to an activating group) is 1. The Morgan fingerprint density at radius 1 is 1.53 bits per heavy atom. The highest BCUT2D eigenvalue weighted by molar-refractivity contribution is 5.85. The fourth-order valence-electron chi connectivity index (χ4n) is 1.19. The molecule has 92 valence electrons. The monoisotopic (exact) mass is 238 g/mol. The first-order valence-electron chi connectivity index (χ1n) is 5.02. The zero-order chi connectivity index (χ0) is 11.0. The molecule has 1 unspecified atom stereocenters. The van der Waals surface area contributed by atoms with Gasteiger partial charge >= 0.3 is 0 Å². The molecule has 15 heavy (non-hydrogen) atoms. The van der Waals surface area contributed by atoms with Crippen molar-refractivity contribution in [1.29, 1.82) is 0 Å². The maximum Gasteiger partial charge on any atom is 0.222 e. The van der Waals surface area contributed by atoms with E-state index in [0.717, 1.165) is 13.0 Å². The number of methoxy groups -OCH3 is 1. The molecule has 0 aromatic carbocycles. The number of hydrogen-bond acceptors (Lipinski definition) is 3. The van der Waals surface area contributed by atoms with Crippen LogP contribution in [0, 0.1) is 0 Å². The van der Waals surface area contributed by atoms with Gasteiger partial charge in [-0.2, -0.15) is 0 Å². The summed E-state index contributed by atoms with van der Waals surface area (Å²) >= 11 is 0. The van der Waals surface area contributed by atoms with Crippen LogP contribution in [0.15, 0.2) is 0 Å². The maximum atomic E-state index is 11.6. The van der Waals surface area contributed by atoms with Crippen molar-refractivity contribution in [2.45, 2.75) is 25.8 Å².